The third-order valence-electron chi connectivity index (χ3n) is 6.83. The van der Waals surface area contributed by atoms with Crippen molar-refractivity contribution in [1.82, 2.24) is 5.32 Å². The quantitative estimate of drug-likeness (QED) is 0.783. The summed E-state index contributed by atoms with van der Waals surface area (Å²) in [6.07, 6.45) is 6.42. The van der Waals surface area contributed by atoms with Crippen LogP contribution >= 0.6 is 0 Å². The number of halogens is 1. The highest BCUT2D eigenvalue weighted by atomic mass is 19.1. The molecule has 0 aromatic carbocycles. The lowest BCUT2D eigenvalue weighted by atomic mass is 9.70. The summed E-state index contributed by atoms with van der Waals surface area (Å²) < 4.78 is 19.6. The van der Waals surface area contributed by atoms with E-state index in [4.69, 9.17) is 4.74 Å². The summed E-state index contributed by atoms with van der Waals surface area (Å²) in [5.74, 6) is 2.19. The molecule has 1 saturated carbocycles. The minimum Gasteiger partial charge on any atom is -0.381 e. The van der Waals surface area contributed by atoms with E-state index in [0.29, 0.717) is 36.5 Å². The number of ether oxygens (including phenoxy) is 1. The van der Waals surface area contributed by atoms with E-state index in [-0.39, 0.29) is 18.1 Å². The number of methoxy groups -OCH3 is 1. The van der Waals surface area contributed by atoms with Gasteiger partial charge in [-0.15, -0.1) is 0 Å². The lowest BCUT2D eigenvalue weighted by molar-refractivity contribution is -0.0147. The fourth-order valence-corrected chi connectivity index (χ4v) is 5.31. The summed E-state index contributed by atoms with van der Waals surface area (Å²) in [6, 6.07) is 0.0812. The van der Waals surface area contributed by atoms with Crippen LogP contribution in [0.4, 0.5) is 4.39 Å². The van der Waals surface area contributed by atoms with E-state index < -0.39 is 12.4 Å². The molecule has 4 heteroatoms. The van der Waals surface area contributed by atoms with E-state index in [2.05, 4.69) is 45.2 Å². The average molecular weight is 366 g/mol. The molecule has 0 radical (unpaired) electrons. The maximum absolute atomic E-state index is 13.7. The van der Waals surface area contributed by atoms with Crippen LogP contribution in [-0.4, -0.2) is 36.8 Å². The number of rotatable bonds is 4. The molecule has 0 spiro atoms. The predicted molar refractivity (Wildman–Crippen MR) is 103 cm³/mol. The first kappa shape index (κ1) is 20.0. The van der Waals surface area contributed by atoms with Gasteiger partial charge in [-0.1, -0.05) is 45.4 Å². The first-order valence-corrected chi connectivity index (χ1v) is 10.3. The molecule has 5 unspecified atom stereocenters. The fraction of sp³-hybridized carbons (Fsp3) is 0.818. The smallest absolute Gasteiger partial charge is 0.127 e. The standard InChI is InChI=1S/C22H36FNO2/c1-12(2)17-8-14(9-18(13(3)4)21(17)26-5)10-19-16-7-6-15(23)11-20(16)24-22(19)25/h8,10,12-13,15-18,20-22,24-25H,6-7,9,11H2,1-5H3/b19-10+/t15?,16-,17?,18?,20?,21-,22?/m0/s1. The zero-order valence-corrected chi connectivity index (χ0v) is 16.9. The zero-order chi connectivity index (χ0) is 19.0. The number of hydrogen-bond acceptors (Lipinski definition) is 3. The van der Waals surface area contributed by atoms with Gasteiger partial charge in [-0.25, -0.2) is 4.39 Å². The Balaban J connectivity index is 1.88. The molecule has 3 aliphatic rings. The second-order valence-electron chi connectivity index (χ2n) is 9.21. The Morgan fingerprint density at radius 2 is 1.96 bits per heavy atom. The van der Waals surface area contributed by atoms with Gasteiger partial charge in [-0.05, 0) is 54.9 Å². The molecule has 0 aromatic rings. The predicted octanol–water partition coefficient (Wildman–Crippen LogP) is 4.23. The minimum atomic E-state index is -0.734. The van der Waals surface area contributed by atoms with Gasteiger partial charge in [-0.2, -0.15) is 0 Å². The molecule has 1 saturated heterocycles. The van der Waals surface area contributed by atoms with Gasteiger partial charge in [0.25, 0.3) is 0 Å². The summed E-state index contributed by atoms with van der Waals surface area (Å²) in [6.45, 7) is 9.06. The normalized spacial score (nSPS) is 42.4. The Labute approximate surface area is 158 Å². The summed E-state index contributed by atoms with van der Waals surface area (Å²) in [7, 11) is 1.83. The van der Waals surface area contributed by atoms with Gasteiger partial charge in [0.15, 0.2) is 0 Å². The molecule has 0 aromatic heterocycles. The van der Waals surface area contributed by atoms with Crippen molar-refractivity contribution in [3.05, 3.63) is 23.3 Å². The number of allylic oxidation sites excluding steroid dienone is 2. The molecule has 3 rings (SSSR count). The molecule has 0 bridgehead atoms. The maximum Gasteiger partial charge on any atom is 0.127 e. The lowest BCUT2D eigenvalue weighted by Gasteiger charge is -2.40. The van der Waals surface area contributed by atoms with Gasteiger partial charge in [0.05, 0.1) is 6.10 Å². The molecule has 148 valence electrons. The van der Waals surface area contributed by atoms with Crippen molar-refractivity contribution in [2.45, 2.75) is 77.9 Å². The Morgan fingerprint density at radius 1 is 1.23 bits per heavy atom. The zero-order valence-electron chi connectivity index (χ0n) is 16.9. The number of nitrogens with one attached hydrogen (secondary N) is 1. The number of aliphatic hydroxyl groups is 1. The highest BCUT2D eigenvalue weighted by molar-refractivity contribution is 5.33. The number of hydrogen-bond donors (Lipinski definition) is 2. The second kappa shape index (κ2) is 8.12. The maximum atomic E-state index is 13.7. The number of fused-ring (bicyclic) bond motifs is 1. The highest BCUT2D eigenvalue weighted by Crippen LogP contribution is 2.42. The first-order chi connectivity index (χ1) is 12.3. The van der Waals surface area contributed by atoms with Crippen LogP contribution in [0.1, 0.15) is 53.4 Å². The van der Waals surface area contributed by atoms with Crippen molar-refractivity contribution in [1.29, 1.82) is 0 Å². The molecule has 1 aliphatic heterocycles. The van der Waals surface area contributed by atoms with Gasteiger partial charge < -0.3 is 9.84 Å². The van der Waals surface area contributed by atoms with Crippen LogP contribution in [0.15, 0.2) is 23.3 Å². The van der Waals surface area contributed by atoms with E-state index in [9.17, 15) is 9.50 Å². The summed E-state index contributed by atoms with van der Waals surface area (Å²) >= 11 is 0. The van der Waals surface area contributed by atoms with Gasteiger partial charge in [0.2, 0.25) is 0 Å². The third kappa shape index (κ3) is 3.93. The molecule has 2 fully saturated rings. The van der Waals surface area contributed by atoms with E-state index in [0.717, 1.165) is 18.4 Å². The molecular formula is C22H36FNO2. The Morgan fingerprint density at radius 3 is 2.58 bits per heavy atom. The van der Waals surface area contributed by atoms with Gasteiger partial charge in [0.1, 0.15) is 12.4 Å². The van der Waals surface area contributed by atoms with Crippen molar-refractivity contribution >= 4 is 0 Å². The largest absolute Gasteiger partial charge is 0.381 e. The van der Waals surface area contributed by atoms with Crippen molar-refractivity contribution < 1.29 is 14.2 Å². The Bertz CT molecular complexity index is 556. The van der Waals surface area contributed by atoms with Crippen LogP contribution in [0.25, 0.3) is 0 Å². The minimum absolute atomic E-state index is 0.0812. The topological polar surface area (TPSA) is 41.5 Å². The van der Waals surface area contributed by atoms with E-state index >= 15 is 0 Å². The molecule has 2 N–H and O–H groups in total. The van der Waals surface area contributed by atoms with Crippen molar-refractivity contribution in [3.63, 3.8) is 0 Å². The van der Waals surface area contributed by atoms with Gasteiger partial charge in [0, 0.05) is 19.1 Å². The van der Waals surface area contributed by atoms with E-state index in [1.165, 1.54) is 5.57 Å². The van der Waals surface area contributed by atoms with Gasteiger partial charge >= 0.3 is 0 Å². The molecule has 2 aliphatic carbocycles. The van der Waals surface area contributed by atoms with Crippen molar-refractivity contribution in [2.24, 2.45) is 29.6 Å². The van der Waals surface area contributed by atoms with Crippen LogP contribution in [0.2, 0.25) is 0 Å². The van der Waals surface area contributed by atoms with Crippen molar-refractivity contribution in [2.75, 3.05) is 7.11 Å². The second-order valence-corrected chi connectivity index (χ2v) is 9.21. The average Bonchev–Trinajstić information content (AvgIpc) is 2.88. The number of aliphatic hydroxyl groups excluding tert-OH is 1. The summed E-state index contributed by atoms with van der Waals surface area (Å²) in [5.41, 5.74) is 2.38. The Hall–Kier alpha value is -0.710. The van der Waals surface area contributed by atoms with Crippen LogP contribution in [0.5, 0.6) is 0 Å². The number of alkyl halides is 1. The van der Waals surface area contributed by atoms with E-state index in [1.807, 2.05) is 7.11 Å². The summed E-state index contributed by atoms with van der Waals surface area (Å²) in [4.78, 5) is 0. The van der Waals surface area contributed by atoms with Crippen LogP contribution in [-0.2, 0) is 4.74 Å². The molecule has 1 heterocycles. The fourth-order valence-electron chi connectivity index (χ4n) is 5.31. The third-order valence-corrected chi connectivity index (χ3v) is 6.83. The van der Waals surface area contributed by atoms with E-state index in [1.54, 1.807) is 0 Å². The van der Waals surface area contributed by atoms with Crippen molar-refractivity contribution in [3.8, 4) is 0 Å². The Kier molecular flexibility index (Phi) is 6.25. The van der Waals surface area contributed by atoms with Gasteiger partial charge in [-0.3, -0.25) is 5.32 Å². The molecule has 7 atom stereocenters. The SMILES string of the molecule is CO[C@H]1C(C(C)C)C=C(/C=C2/C(O)NC3CC(F)CC[C@@H]23)CC1C(C)C. The van der Waals surface area contributed by atoms with Crippen LogP contribution in [0, 0.1) is 29.6 Å². The molecule has 26 heavy (non-hydrogen) atoms. The summed E-state index contributed by atoms with van der Waals surface area (Å²) in [5, 5.41) is 13.7. The first-order valence-electron chi connectivity index (χ1n) is 10.3. The molecule has 3 nitrogen and oxygen atoms in total. The lowest BCUT2D eigenvalue weighted by Crippen LogP contribution is -2.39. The van der Waals surface area contributed by atoms with Crippen LogP contribution in [0.3, 0.4) is 0 Å². The molecular weight excluding hydrogens is 329 g/mol. The monoisotopic (exact) mass is 365 g/mol. The molecule has 0 amide bonds. The highest BCUT2D eigenvalue weighted by Gasteiger charge is 2.42. The van der Waals surface area contributed by atoms with Crippen LogP contribution < -0.4 is 5.32 Å².